The third kappa shape index (κ3) is 2.49. The minimum absolute atomic E-state index is 0.222. The van der Waals surface area contributed by atoms with Crippen LogP contribution in [0.5, 0.6) is 0 Å². The molecule has 0 aromatic heterocycles. The molecule has 1 aliphatic heterocycles. The second kappa shape index (κ2) is 5.06. The molecule has 0 fully saturated rings. The molecule has 1 aliphatic rings. The number of anilines is 1. The van der Waals surface area contributed by atoms with E-state index in [0.29, 0.717) is 0 Å². The molecule has 0 amide bonds. The van der Waals surface area contributed by atoms with Crippen molar-refractivity contribution < 1.29 is 0 Å². The standard InChI is InChI=1S/C17H20N2/c1-13(18)12-19-10-9-16-11-15(7-8-17(16)19)14-5-3-2-4-6-14/h2-8,11,13H,9-10,12,18H2,1H3/t13-/m0/s1. The van der Waals surface area contributed by atoms with Crippen molar-refractivity contribution >= 4 is 5.69 Å². The van der Waals surface area contributed by atoms with E-state index in [9.17, 15) is 0 Å². The second-order valence-corrected chi connectivity index (χ2v) is 5.38. The molecule has 0 saturated heterocycles. The van der Waals surface area contributed by atoms with Crippen molar-refractivity contribution in [2.45, 2.75) is 19.4 Å². The monoisotopic (exact) mass is 252 g/mol. The van der Waals surface area contributed by atoms with Gasteiger partial charge < -0.3 is 10.6 Å². The van der Waals surface area contributed by atoms with Gasteiger partial charge >= 0.3 is 0 Å². The summed E-state index contributed by atoms with van der Waals surface area (Å²) >= 11 is 0. The molecule has 2 aromatic carbocycles. The van der Waals surface area contributed by atoms with E-state index in [4.69, 9.17) is 5.73 Å². The summed E-state index contributed by atoms with van der Waals surface area (Å²) in [5, 5.41) is 0. The molecule has 0 aliphatic carbocycles. The molecule has 2 heteroatoms. The lowest BCUT2D eigenvalue weighted by atomic mass is 10.0. The Bertz CT molecular complexity index is 561. The fraction of sp³-hybridized carbons (Fsp3) is 0.294. The van der Waals surface area contributed by atoms with E-state index >= 15 is 0 Å². The molecule has 2 N–H and O–H groups in total. The van der Waals surface area contributed by atoms with Crippen LogP contribution in [0, 0.1) is 0 Å². The molecule has 2 aromatic rings. The minimum Gasteiger partial charge on any atom is -0.369 e. The largest absolute Gasteiger partial charge is 0.369 e. The number of hydrogen-bond donors (Lipinski definition) is 1. The van der Waals surface area contributed by atoms with Crippen LogP contribution >= 0.6 is 0 Å². The fourth-order valence-corrected chi connectivity index (χ4v) is 2.82. The topological polar surface area (TPSA) is 29.3 Å². The highest BCUT2D eigenvalue weighted by atomic mass is 15.2. The first kappa shape index (κ1) is 12.2. The first-order valence-electron chi connectivity index (χ1n) is 6.93. The van der Waals surface area contributed by atoms with Gasteiger partial charge in [-0.3, -0.25) is 0 Å². The van der Waals surface area contributed by atoms with Gasteiger partial charge in [-0.05, 0) is 42.2 Å². The van der Waals surface area contributed by atoms with Gasteiger partial charge in [0.15, 0.2) is 0 Å². The predicted octanol–water partition coefficient (Wildman–Crippen LogP) is 3.06. The SMILES string of the molecule is C[C@H](N)CN1CCc2cc(-c3ccccc3)ccc21. The van der Waals surface area contributed by atoms with Gasteiger partial charge in [-0.1, -0.05) is 36.4 Å². The van der Waals surface area contributed by atoms with Crippen LogP contribution in [-0.2, 0) is 6.42 Å². The molecule has 0 spiro atoms. The first-order chi connectivity index (χ1) is 9.24. The summed E-state index contributed by atoms with van der Waals surface area (Å²) in [6.07, 6.45) is 1.13. The van der Waals surface area contributed by atoms with Crippen LogP contribution in [0.25, 0.3) is 11.1 Å². The maximum Gasteiger partial charge on any atom is 0.0400 e. The zero-order valence-electron chi connectivity index (χ0n) is 11.3. The van der Waals surface area contributed by atoms with Crippen LogP contribution in [0.1, 0.15) is 12.5 Å². The zero-order valence-corrected chi connectivity index (χ0v) is 11.3. The number of hydrogen-bond acceptors (Lipinski definition) is 2. The number of fused-ring (bicyclic) bond motifs is 1. The van der Waals surface area contributed by atoms with Crippen molar-refractivity contribution in [2.75, 3.05) is 18.0 Å². The number of nitrogens with zero attached hydrogens (tertiary/aromatic N) is 1. The third-order valence-corrected chi connectivity index (χ3v) is 3.69. The average Bonchev–Trinajstić information content (AvgIpc) is 2.81. The summed E-state index contributed by atoms with van der Waals surface area (Å²) in [6, 6.07) is 17.6. The molecule has 0 bridgehead atoms. The van der Waals surface area contributed by atoms with E-state index in [-0.39, 0.29) is 6.04 Å². The maximum atomic E-state index is 5.91. The summed E-state index contributed by atoms with van der Waals surface area (Å²) < 4.78 is 0. The third-order valence-electron chi connectivity index (χ3n) is 3.69. The van der Waals surface area contributed by atoms with Crippen LogP contribution in [0.15, 0.2) is 48.5 Å². The van der Waals surface area contributed by atoms with Gasteiger partial charge in [0.05, 0.1) is 0 Å². The maximum absolute atomic E-state index is 5.91. The highest BCUT2D eigenvalue weighted by molar-refractivity contribution is 5.70. The average molecular weight is 252 g/mol. The Labute approximate surface area is 114 Å². The highest BCUT2D eigenvalue weighted by Gasteiger charge is 2.19. The number of nitrogens with two attached hydrogens (primary N) is 1. The Kier molecular flexibility index (Phi) is 3.26. The van der Waals surface area contributed by atoms with Crippen LogP contribution in [0.3, 0.4) is 0 Å². The van der Waals surface area contributed by atoms with E-state index in [1.807, 2.05) is 0 Å². The molecular weight excluding hydrogens is 232 g/mol. The van der Waals surface area contributed by atoms with Crippen molar-refractivity contribution in [2.24, 2.45) is 5.73 Å². The lowest BCUT2D eigenvalue weighted by Crippen LogP contribution is -2.34. The Balaban J connectivity index is 1.90. The molecule has 2 nitrogen and oxygen atoms in total. The Morgan fingerprint density at radius 3 is 2.63 bits per heavy atom. The van der Waals surface area contributed by atoms with Crippen LogP contribution < -0.4 is 10.6 Å². The summed E-state index contributed by atoms with van der Waals surface area (Å²) in [7, 11) is 0. The summed E-state index contributed by atoms with van der Waals surface area (Å²) in [5.74, 6) is 0. The Hall–Kier alpha value is -1.80. The molecule has 19 heavy (non-hydrogen) atoms. The van der Waals surface area contributed by atoms with Gasteiger partial charge in [0.2, 0.25) is 0 Å². The molecule has 98 valence electrons. The molecule has 0 radical (unpaired) electrons. The van der Waals surface area contributed by atoms with Gasteiger partial charge in [-0.15, -0.1) is 0 Å². The summed E-state index contributed by atoms with van der Waals surface area (Å²) in [4.78, 5) is 2.40. The molecule has 1 heterocycles. The van der Waals surface area contributed by atoms with Crippen molar-refractivity contribution in [3.05, 3.63) is 54.1 Å². The number of benzene rings is 2. The first-order valence-corrected chi connectivity index (χ1v) is 6.93. The van der Waals surface area contributed by atoms with Gasteiger partial charge in [0.1, 0.15) is 0 Å². The van der Waals surface area contributed by atoms with Gasteiger partial charge in [0.25, 0.3) is 0 Å². The smallest absolute Gasteiger partial charge is 0.0400 e. The summed E-state index contributed by atoms with van der Waals surface area (Å²) in [6.45, 7) is 4.10. The minimum atomic E-state index is 0.222. The van der Waals surface area contributed by atoms with Gasteiger partial charge in [0, 0.05) is 24.8 Å². The van der Waals surface area contributed by atoms with Crippen LogP contribution in [0.4, 0.5) is 5.69 Å². The Morgan fingerprint density at radius 1 is 1.11 bits per heavy atom. The van der Waals surface area contributed by atoms with Crippen LogP contribution in [-0.4, -0.2) is 19.1 Å². The number of rotatable bonds is 3. The van der Waals surface area contributed by atoms with E-state index < -0.39 is 0 Å². The van der Waals surface area contributed by atoms with E-state index in [1.165, 1.54) is 22.4 Å². The van der Waals surface area contributed by atoms with Crippen molar-refractivity contribution in [3.8, 4) is 11.1 Å². The zero-order chi connectivity index (χ0) is 13.2. The second-order valence-electron chi connectivity index (χ2n) is 5.38. The quantitative estimate of drug-likeness (QED) is 0.909. The van der Waals surface area contributed by atoms with Crippen molar-refractivity contribution in [1.82, 2.24) is 0 Å². The molecular formula is C17H20N2. The highest BCUT2D eigenvalue weighted by Crippen LogP contribution is 2.32. The molecule has 0 saturated carbocycles. The van der Waals surface area contributed by atoms with E-state index in [2.05, 4.69) is 60.4 Å². The van der Waals surface area contributed by atoms with E-state index in [0.717, 1.165) is 19.5 Å². The van der Waals surface area contributed by atoms with Gasteiger partial charge in [-0.25, -0.2) is 0 Å². The lowest BCUT2D eigenvalue weighted by Gasteiger charge is -2.21. The van der Waals surface area contributed by atoms with Crippen molar-refractivity contribution in [3.63, 3.8) is 0 Å². The molecule has 3 rings (SSSR count). The molecule has 1 atom stereocenters. The van der Waals surface area contributed by atoms with Crippen molar-refractivity contribution in [1.29, 1.82) is 0 Å². The lowest BCUT2D eigenvalue weighted by molar-refractivity contribution is 0.693. The molecule has 0 unspecified atom stereocenters. The predicted molar refractivity (Wildman–Crippen MR) is 81.4 cm³/mol. The van der Waals surface area contributed by atoms with Gasteiger partial charge in [-0.2, -0.15) is 0 Å². The van der Waals surface area contributed by atoms with E-state index in [1.54, 1.807) is 0 Å². The Morgan fingerprint density at radius 2 is 1.89 bits per heavy atom. The van der Waals surface area contributed by atoms with Crippen LogP contribution in [0.2, 0.25) is 0 Å². The fourth-order valence-electron chi connectivity index (χ4n) is 2.82. The summed E-state index contributed by atoms with van der Waals surface area (Å²) in [5.41, 5.74) is 11.3. The normalized spacial score (nSPS) is 15.4.